The number of aryl methyl sites for hydroxylation is 1. The highest BCUT2D eigenvalue weighted by Gasteiger charge is 2.12. The predicted octanol–water partition coefficient (Wildman–Crippen LogP) is 2.68. The minimum atomic E-state index is 0.250. The van der Waals surface area contributed by atoms with Crippen LogP contribution in [0.2, 0.25) is 0 Å². The van der Waals surface area contributed by atoms with Crippen molar-refractivity contribution in [1.29, 1.82) is 0 Å². The van der Waals surface area contributed by atoms with Gasteiger partial charge in [0.15, 0.2) is 0 Å². The van der Waals surface area contributed by atoms with E-state index in [1.807, 2.05) is 6.07 Å². The molecule has 2 rings (SSSR count). The molecule has 0 aliphatic carbocycles. The number of rotatable bonds is 5. The van der Waals surface area contributed by atoms with Crippen LogP contribution in [0.4, 0.5) is 0 Å². The van der Waals surface area contributed by atoms with Crippen LogP contribution in [-0.4, -0.2) is 16.5 Å². The van der Waals surface area contributed by atoms with E-state index in [0.29, 0.717) is 0 Å². The third-order valence-electron chi connectivity index (χ3n) is 2.93. The molecule has 1 N–H and O–H groups in total. The van der Waals surface area contributed by atoms with Crippen LogP contribution in [0.1, 0.15) is 29.8 Å². The minimum absolute atomic E-state index is 0.250. The lowest BCUT2D eigenvalue weighted by molar-refractivity contribution is 0.535. The first-order chi connectivity index (χ1) is 8.79. The number of nitrogens with zero attached hydrogens (tertiary/aromatic N) is 2. The van der Waals surface area contributed by atoms with Crippen molar-refractivity contribution in [1.82, 2.24) is 15.3 Å². The Morgan fingerprint density at radius 3 is 2.83 bits per heavy atom. The largest absolute Gasteiger partial charge is 0.309 e. The van der Waals surface area contributed by atoms with Crippen molar-refractivity contribution in [2.24, 2.45) is 0 Å². The number of hydrogen-bond donors (Lipinski definition) is 1. The fourth-order valence-corrected chi connectivity index (χ4v) is 2.11. The molecular formula is C15H19N3. The van der Waals surface area contributed by atoms with Gasteiger partial charge in [0, 0.05) is 6.20 Å². The summed E-state index contributed by atoms with van der Waals surface area (Å²) in [6.45, 7) is 5.17. The Bertz CT molecular complexity index is 482. The zero-order valence-corrected chi connectivity index (χ0v) is 10.9. The fourth-order valence-electron chi connectivity index (χ4n) is 2.11. The molecule has 0 bridgehead atoms. The summed E-state index contributed by atoms with van der Waals surface area (Å²) in [6, 6.07) is 10.8. The van der Waals surface area contributed by atoms with Gasteiger partial charge in [-0.3, -0.25) is 0 Å². The molecule has 0 spiro atoms. The molecule has 3 nitrogen and oxygen atoms in total. The number of likely N-dealkylation sites (N-methyl/N-ethyl adjacent to an activating group) is 1. The summed E-state index contributed by atoms with van der Waals surface area (Å²) < 4.78 is 0. The van der Waals surface area contributed by atoms with Gasteiger partial charge in [-0.25, -0.2) is 9.97 Å². The molecule has 18 heavy (non-hydrogen) atoms. The van der Waals surface area contributed by atoms with Gasteiger partial charge in [0.2, 0.25) is 0 Å². The van der Waals surface area contributed by atoms with Crippen molar-refractivity contribution in [2.75, 3.05) is 6.54 Å². The molecule has 1 atom stereocenters. The standard InChI is InChI=1S/C15H19N3/c1-3-17-15(14-7-8-16-11-18-14)10-13-6-4-5-12(2)9-13/h4-9,11,15,17H,3,10H2,1-2H3. The first-order valence-electron chi connectivity index (χ1n) is 6.34. The summed E-state index contributed by atoms with van der Waals surface area (Å²) in [4.78, 5) is 8.31. The second-order valence-corrected chi connectivity index (χ2v) is 4.44. The van der Waals surface area contributed by atoms with E-state index in [1.54, 1.807) is 12.5 Å². The van der Waals surface area contributed by atoms with E-state index in [-0.39, 0.29) is 6.04 Å². The Labute approximate surface area is 108 Å². The van der Waals surface area contributed by atoms with Crippen LogP contribution in [-0.2, 0) is 6.42 Å². The number of hydrogen-bond acceptors (Lipinski definition) is 3. The van der Waals surface area contributed by atoms with E-state index in [2.05, 4.69) is 53.4 Å². The highest BCUT2D eigenvalue weighted by Crippen LogP contribution is 2.16. The quantitative estimate of drug-likeness (QED) is 0.874. The summed E-state index contributed by atoms with van der Waals surface area (Å²) in [5, 5.41) is 3.48. The number of benzene rings is 1. The maximum atomic E-state index is 4.34. The first kappa shape index (κ1) is 12.7. The number of aromatic nitrogens is 2. The van der Waals surface area contributed by atoms with Gasteiger partial charge in [0.05, 0.1) is 11.7 Å². The van der Waals surface area contributed by atoms with Crippen LogP contribution in [0.25, 0.3) is 0 Å². The van der Waals surface area contributed by atoms with Gasteiger partial charge < -0.3 is 5.32 Å². The molecule has 1 unspecified atom stereocenters. The van der Waals surface area contributed by atoms with Crippen LogP contribution >= 0.6 is 0 Å². The average Bonchev–Trinajstić information content (AvgIpc) is 2.39. The van der Waals surface area contributed by atoms with Gasteiger partial charge in [0.25, 0.3) is 0 Å². The van der Waals surface area contributed by atoms with Gasteiger partial charge >= 0.3 is 0 Å². The van der Waals surface area contributed by atoms with Crippen LogP contribution in [0.5, 0.6) is 0 Å². The van der Waals surface area contributed by atoms with Crippen molar-refractivity contribution < 1.29 is 0 Å². The van der Waals surface area contributed by atoms with Crippen LogP contribution in [0.15, 0.2) is 42.9 Å². The summed E-state index contributed by atoms with van der Waals surface area (Å²) in [7, 11) is 0. The normalized spacial score (nSPS) is 12.3. The molecule has 2 aromatic rings. The average molecular weight is 241 g/mol. The summed E-state index contributed by atoms with van der Waals surface area (Å²) in [5.74, 6) is 0. The molecule has 0 saturated carbocycles. The van der Waals surface area contributed by atoms with E-state index in [4.69, 9.17) is 0 Å². The molecule has 0 aliphatic rings. The van der Waals surface area contributed by atoms with E-state index in [1.165, 1.54) is 11.1 Å². The van der Waals surface area contributed by atoms with Crippen molar-refractivity contribution in [3.63, 3.8) is 0 Å². The number of nitrogens with one attached hydrogen (secondary N) is 1. The van der Waals surface area contributed by atoms with E-state index in [0.717, 1.165) is 18.7 Å². The van der Waals surface area contributed by atoms with E-state index in [9.17, 15) is 0 Å². The van der Waals surface area contributed by atoms with Crippen molar-refractivity contribution in [2.45, 2.75) is 26.3 Å². The highest BCUT2D eigenvalue weighted by atomic mass is 14.9. The van der Waals surface area contributed by atoms with Gasteiger partial charge in [-0.2, -0.15) is 0 Å². The Balaban J connectivity index is 2.16. The lowest BCUT2D eigenvalue weighted by Gasteiger charge is -2.17. The fraction of sp³-hybridized carbons (Fsp3) is 0.333. The topological polar surface area (TPSA) is 37.8 Å². The Hall–Kier alpha value is -1.74. The maximum Gasteiger partial charge on any atom is 0.115 e. The van der Waals surface area contributed by atoms with Crippen LogP contribution < -0.4 is 5.32 Å². The molecule has 94 valence electrons. The molecule has 1 heterocycles. The molecule has 1 aromatic carbocycles. The molecule has 0 radical (unpaired) electrons. The zero-order chi connectivity index (χ0) is 12.8. The SMILES string of the molecule is CCNC(Cc1cccc(C)c1)c1ccncn1. The Morgan fingerprint density at radius 2 is 2.17 bits per heavy atom. The van der Waals surface area contributed by atoms with E-state index < -0.39 is 0 Å². The van der Waals surface area contributed by atoms with Crippen molar-refractivity contribution >= 4 is 0 Å². The summed E-state index contributed by atoms with van der Waals surface area (Å²) >= 11 is 0. The van der Waals surface area contributed by atoms with Crippen molar-refractivity contribution in [3.8, 4) is 0 Å². The molecule has 0 amide bonds. The minimum Gasteiger partial charge on any atom is -0.309 e. The van der Waals surface area contributed by atoms with Gasteiger partial charge in [0.1, 0.15) is 6.33 Å². The third kappa shape index (κ3) is 3.37. The molecule has 1 aromatic heterocycles. The monoisotopic (exact) mass is 241 g/mol. The summed E-state index contributed by atoms with van der Waals surface area (Å²) in [5.41, 5.74) is 3.68. The van der Waals surface area contributed by atoms with Gasteiger partial charge in [-0.1, -0.05) is 36.8 Å². The summed E-state index contributed by atoms with van der Waals surface area (Å²) in [6.07, 6.45) is 4.35. The molecule has 3 heteroatoms. The third-order valence-corrected chi connectivity index (χ3v) is 2.93. The lowest BCUT2D eigenvalue weighted by Crippen LogP contribution is -2.23. The maximum absolute atomic E-state index is 4.34. The predicted molar refractivity (Wildman–Crippen MR) is 73.3 cm³/mol. The Kier molecular flexibility index (Phi) is 4.42. The second-order valence-electron chi connectivity index (χ2n) is 4.44. The smallest absolute Gasteiger partial charge is 0.115 e. The molecular weight excluding hydrogens is 222 g/mol. The zero-order valence-electron chi connectivity index (χ0n) is 10.9. The molecule has 0 saturated heterocycles. The Morgan fingerprint density at radius 1 is 1.28 bits per heavy atom. The molecule has 0 aliphatic heterocycles. The van der Waals surface area contributed by atoms with Crippen LogP contribution in [0.3, 0.4) is 0 Å². The molecule has 0 fully saturated rings. The highest BCUT2D eigenvalue weighted by molar-refractivity contribution is 5.24. The van der Waals surface area contributed by atoms with Crippen molar-refractivity contribution in [3.05, 3.63) is 59.7 Å². The van der Waals surface area contributed by atoms with Gasteiger partial charge in [-0.05, 0) is 31.5 Å². The van der Waals surface area contributed by atoms with Gasteiger partial charge in [-0.15, -0.1) is 0 Å². The second kappa shape index (κ2) is 6.26. The van der Waals surface area contributed by atoms with E-state index >= 15 is 0 Å². The lowest BCUT2D eigenvalue weighted by atomic mass is 10.0. The first-order valence-corrected chi connectivity index (χ1v) is 6.34. The van der Waals surface area contributed by atoms with Crippen LogP contribution in [0, 0.1) is 6.92 Å².